The number of oxazole rings is 1. The highest BCUT2D eigenvalue weighted by molar-refractivity contribution is 14.0. The molecule has 0 amide bonds. The van der Waals surface area contributed by atoms with Crippen LogP contribution >= 0.6 is 24.0 Å². The molecule has 172 valence electrons. The molecule has 0 unspecified atom stereocenters. The Kier molecular flexibility index (Phi) is 11.3. The molecule has 1 aliphatic heterocycles. The fraction of sp³-hybridized carbons (Fsp3) is 0.565. The largest absolute Gasteiger partial charge is 0.444 e. The van der Waals surface area contributed by atoms with E-state index in [1.807, 2.05) is 13.8 Å². The minimum absolute atomic E-state index is 0. The van der Waals surface area contributed by atoms with Crippen LogP contribution in [0.1, 0.15) is 36.3 Å². The fourth-order valence-electron chi connectivity index (χ4n) is 3.62. The third-order valence-electron chi connectivity index (χ3n) is 5.45. The lowest BCUT2D eigenvalue weighted by Gasteiger charge is -2.34. The molecule has 2 aromatic rings. The van der Waals surface area contributed by atoms with Crippen molar-refractivity contribution in [2.24, 2.45) is 4.99 Å². The molecule has 0 saturated carbocycles. The molecule has 3 rings (SSSR count). The second kappa shape index (κ2) is 13.7. The van der Waals surface area contributed by atoms with Crippen LogP contribution in [0.15, 0.2) is 39.7 Å². The van der Waals surface area contributed by atoms with Crippen LogP contribution in [0.25, 0.3) is 0 Å². The van der Waals surface area contributed by atoms with E-state index in [-0.39, 0.29) is 24.0 Å². The first-order valence-electron chi connectivity index (χ1n) is 11.1. The number of aliphatic imine (C=N–C) groups is 1. The van der Waals surface area contributed by atoms with Crippen molar-refractivity contribution < 1.29 is 4.42 Å². The minimum Gasteiger partial charge on any atom is -0.444 e. The number of hydrogen-bond donors (Lipinski definition) is 2. The quantitative estimate of drug-likeness (QED) is 0.221. The highest BCUT2D eigenvalue weighted by atomic mass is 127. The Morgan fingerprint density at radius 2 is 1.77 bits per heavy atom. The number of hydrogen-bond acceptors (Lipinski definition) is 5. The number of benzene rings is 1. The van der Waals surface area contributed by atoms with Crippen molar-refractivity contribution in [3.8, 4) is 0 Å². The Morgan fingerprint density at radius 3 is 2.42 bits per heavy atom. The zero-order valence-electron chi connectivity index (χ0n) is 19.1. The molecular weight excluding hydrogens is 503 g/mol. The summed E-state index contributed by atoms with van der Waals surface area (Å²) >= 11 is 0. The second-order valence-electron chi connectivity index (χ2n) is 7.83. The molecule has 8 heteroatoms. The van der Waals surface area contributed by atoms with Crippen molar-refractivity contribution in [1.82, 2.24) is 25.4 Å². The molecular formula is C23H37IN6O. The molecule has 0 aliphatic carbocycles. The number of nitrogens with one attached hydrogen (secondary N) is 2. The smallest absolute Gasteiger partial charge is 0.216 e. The van der Waals surface area contributed by atoms with Crippen LogP contribution in [-0.2, 0) is 13.1 Å². The number of aryl methyl sites for hydroxylation is 2. The Morgan fingerprint density at radius 1 is 1.06 bits per heavy atom. The maximum atomic E-state index is 5.61. The molecule has 1 aliphatic rings. The summed E-state index contributed by atoms with van der Waals surface area (Å²) in [6.45, 7) is 14.9. The van der Waals surface area contributed by atoms with E-state index in [0.717, 1.165) is 76.2 Å². The van der Waals surface area contributed by atoms with Crippen LogP contribution in [0.3, 0.4) is 0 Å². The molecule has 1 aromatic carbocycles. The summed E-state index contributed by atoms with van der Waals surface area (Å²) < 4.78 is 5.61. The first-order chi connectivity index (χ1) is 14.6. The van der Waals surface area contributed by atoms with Gasteiger partial charge in [-0.05, 0) is 39.3 Å². The van der Waals surface area contributed by atoms with Crippen molar-refractivity contribution in [2.75, 3.05) is 45.8 Å². The maximum Gasteiger partial charge on any atom is 0.216 e. The molecule has 2 heterocycles. The molecule has 0 bridgehead atoms. The van der Waals surface area contributed by atoms with Gasteiger partial charge in [-0.25, -0.2) is 9.98 Å². The van der Waals surface area contributed by atoms with Gasteiger partial charge >= 0.3 is 0 Å². The highest BCUT2D eigenvalue weighted by Crippen LogP contribution is 2.09. The SMILES string of the molecule is CCNC(=NCc1nc(C)c(C)o1)NCCCN1CCN(Cc2ccccc2)CC1.I. The minimum atomic E-state index is 0. The van der Waals surface area contributed by atoms with Crippen molar-refractivity contribution in [3.05, 3.63) is 53.2 Å². The van der Waals surface area contributed by atoms with Gasteiger partial charge in [0.15, 0.2) is 5.96 Å². The monoisotopic (exact) mass is 540 g/mol. The molecule has 0 atom stereocenters. The highest BCUT2D eigenvalue weighted by Gasteiger charge is 2.16. The van der Waals surface area contributed by atoms with E-state index >= 15 is 0 Å². The van der Waals surface area contributed by atoms with Gasteiger partial charge in [0, 0.05) is 45.8 Å². The Labute approximate surface area is 203 Å². The van der Waals surface area contributed by atoms with Gasteiger partial charge in [-0.15, -0.1) is 24.0 Å². The van der Waals surface area contributed by atoms with E-state index in [1.54, 1.807) is 0 Å². The number of aromatic nitrogens is 1. The fourth-order valence-corrected chi connectivity index (χ4v) is 3.62. The van der Waals surface area contributed by atoms with Crippen LogP contribution in [0, 0.1) is 13.8 Å². The lowest BCUT2D eigenvalue weighted by atomic mass is 10.2. The number of nitrogens with zero attached hydrogens (tertiary/aromatic N) is 4. The van der Waals surface area contributed by atoms with E-state index < -0.39 is 0 Å². The summed E-state index contributed by atoms with van der Waals surface area (Å²) in [6, 6.07) is 10.8. The average molecular weight is 540 g/mol. The second-order valence-corrected chi connectivity index (χ2v) is 7.83. The van der Waals surface area contributed by atoms with Crippen molar-refractivity contribution in [3.63, 3.8) is 0 Å². The van der Waals surface area contributed by atoms with Crippen LogP contribution < -0.4 is 10.6 Å². The van der Waals surface area contributed by atoms with Crippen molar-refractivity contribution in [2.45, 2.75) is 40.3 Å². The van der Waals surface area contributed by atoms with Gasteiger partial charge in [-0.3, -0.25) is 4.90 Å². The number of rotatable bonds is 9. The first kappa shape index (κ1) is 25.6. The number of halogens is 1. The van der Waals surface area contributed by atoms with Gasteiger partial charge in [0.1, 0.15) is 12.3 Å². The lowest BCUT2D eigenvalue weighted by Crippen LogP contribution is -2.46. The predicted octanol–water partition coefficient (Wildman–Crippen LogP) is 3.17. The Bertz CT molecular complexity index is 767. The van der Waals surface area contributed by atoms with Crippen molar-refractivity contribution >= 4 is 29.9 Å². The molecule has 1 saturated heterocycles. The van der Waals surface area contributed by atoms with E-state index in [0.29, 0.717) is 12.4 Å². The number of guanidine groups is 1. The van der Waals surface area contributed by atoms with Gasteiger partial charge in [0.25, 0.3) is 0 Å². The van der Waals surface area contributed by atoms with Gasteiger partial charge in [-0.1, -0.05) is 30.3 Å². The lowest BCUT2D eigenvalue weighted by molar-refractivity contribution is 0.126. The van der Waals surface area contributed by atoms with Crippen LogP contribution in [0.4, 0.5) is 0 Å². The van der Waals surface area contributed by atoms with Crippen LogP contribution in [0.2, 0.25) is 0 Å². The topological polar surface area (TPSA) is 68.9 Å². The van der Waals surface area contributed by atoms with E-state index in [2.05, 4.69) is 67.7 Å². The summed E-state index contributed by atoms with van der Waals surface area (Å²) in [4.78, 5) is 14.1. The van der Waals surface area contributed by atoms with Gasteiger partial charge in [0.2, 0.25) is 5.89 Å². The zero-order chi connectivity index (χ0) is 21.2. The zero-order valence-corrected chi connectivity index (χ0v) is 21.4. The van der Waals surface area contributed by atoms with E-state index in [9.17, 15) is 0 Å². The summed E-state index contributed by atoms with van der Waals surface area (Å²) in [7, 11) is 0. The molecule has 0 radical (unpaired) electrons. The summed E-state index contributed by atoms with van der Waals surface area (Å²) in [5.74, 6) is 2.34. The molecule has 1 fully saturated rings. The van der Waals surface area contributed by atoms with Crippen LogP contribution in [-0.4, -0.2) is 66.6 Å². The van der Waals surface area contributed by atoms with Crippen molar-refractivity contribution in [1.29, 1.82) is 0 Å². The summed E-state index contributed by atoms with van der Waals surface area (Å²) in [5, 5.41) is 6.72. The van der Waals surface area contributed by atoms with Crippen LogP contribution in [0.5, 0.6) is 0 Å². The first-order valence-corrected chi connectivity index (χ1v) is 11.1. The summed E-state index contributed by atoms with van der Waals surface area (Å²) in [6.07, 6.45) is 1.10. The van der Waals surface area contributed by atoms with Gasteiger partial charge in [-0.2, -0.15) is 0 Å². The van der Waals surface area contributed by atoms with Gasteiger partial charge < -0.3 is 20.0 Å². The predicted molar refractivity (Wildman–Crippen MR) is 137 cm³/mol. The average Bonchev–Trinajstić information content (AvgIpc) is 3.08. The normalized spacial score (nSPS) is 15.5. The standard InChI is InChI=1S/C23H36N6O.HI/c1-4-24-23(26-17-22-27-19(2)20(3)30-22)25-11-8-12-28-13-15-29(16-14-28)18-21-9-6-5-7-10-21;/h5-7,9-10H,4,8,11-18H2,1-3H3,(H2,24,25,26);1H. The summed E-state index contributed by atoms with van der Waals surface area (Å²) in [5.41, 5.74) is 2.34. The number of piperazine rings is 1. The molecule has 2 N–H and O–H groups in total. The Balaban J connectivity index is 0.00000341. The van der Waals surface area contributed by atoms with Gasteiger partial charge in [0.05, 0.1) is 5.69 Å². The third-order valence-corrected chi connectivity index (χ3v) is 5.45. The van der Waals surface area contributed by atoms with E-state index in [4.69, 9.17) is 4.42 Å². The van der Waals surface area contributed by atoms with E-state index in [1.165, 1.54) is 5.56 Å². The molecule has 7 nitrogen and oxygen atoms in total. The molecule has 1 aromatic heterocycles. The third kappa shape index (κ3) is 8.78. The molecule has 0 spiro atoms. The Hall–Kier alpha value is -1.65. The maximum absolute atomic E-state index is 5.61. The molecule has 31 heavy (non-hydrogen) atoms.